The predicted octanol–water partition coefficient (Wildman–Crippen LogP) is 5.16. The van der Waals surface area contributed by atoms with E-state index in [2.05, 4.69) is 4.90 Å². The highest BCUT2D eigenvalue weighted by Crippen LogP contribution is 2.53. The molecule has 2 heterocycles. The van der Waals surface area contributed by atoms with E-state index in [-0.39, 0.29) is 17.9 Å². The van der Waals surface area contributed by atoms with Crippen molar-refractivity contribution >= 4 is 5.97 Å². The van der Waals surface area contributed by atoms with Crippen LogP contribution in [0.25, 0.3) is 0 Å². The van der Waals surface area contributed by atoms with Crippen molar-refractivity contribution in [3.8, 4) is 5.75 Å². The van der Waals surface area contributed by atoms with Gasteiger partial charge in [-0.2, -0.15) is 13.2 Å². The molecular formula is C24H26F3NO3. The van der Waals surface area contributed by atoms with Gasteiger partial charge in [0.05, 0.1) is 25.7 Å². The van der Waals surface area contributed by atoms with Crippen molar-refractivity contribution in [1.82, 2.24) is 4.90 Å². The third-order valence-electron chi connectivity index (χ3n) is 6.82. The van der Waals surface area contributed by atoms with Gasteiger partial charge in [-0.25, -0.2) is 0 Å². The van der Waals surface area contributed by atoms with E-state index >= 15 is 0 Å². The first-order chi connectivity index (χ1) is 14.8. The number of ether oxygens (including phenoxy) is 2. The summed E-state index contributed by atoms with van der Waals surface area (Å²) in [7, 11) is 3.01. The van der Waals surface area contributed by atoms with Crippen molar-refractivity contribution < 1.29 is 27.4 Å². The molecule has 0 spiro atoms. The van der Waals surface area contributed by atoms with Gasteiger partial charge in [0, 0.05) is 18.1 Å². The monoisotopic (exact) mass is 433 g/mol. The smallest absolute Gasteiger partial charge is 0.416 e. The zero-order valence-electron chi connectivity index (χ0n) is 17.6. The Bertz CT molecular complexity index is 927. The zero-order valence-corrected chi connectivity index (χ0v) is 17.6. The van der Waals surface area contributed by atoms with Crippen LogP contribution >= 0.6 is 0 Å². The maximum absolute atomic E-state index is 13.1. The van der Waals surface area contributed by atoms with E-state index in [4.69, 9.17) is 9.47 Å². The Hall–Kier alpha value is -2.54. The van der Waals surface area contributed by atoms with Gasteiger partial charge in [0.15, 0.2) is 0 Å². The molecule has 0 amide bonds. The topological polar surface area (TPSA) is 38.8 Å². The lowest BCUT2D eigenvalue weighted by atomic mass is 9.76. The summed E-state index contributed by atoms with van der Waals surface area (Å²) in [5.41, 5.74) is 0.765. The highest BCUT2D eigenvalue weighted by Gasteiger charge is 2.54. The van der Waals surface area contributed by atoms with Gasteiger partial charge in [-0.15, -0.1) is 0 Å². The number of hydrogen-bond donors (Lipinski definition) is 0. The summed E-state index contributed by atoms with van der Waals surface area (Å²) >= 11 is 0. The van der Waals surface area contributed by atoms with Crippen LogP contribution in [-0.4, -0.2) is 31.1 Å². The summed E-state index contributed by atoms with van der Waals surface area (Å²) in [5, 5.41) is 0. The maximum atomic E-state index is 13.1. The summed E-state index contributed by atoms with van der Waals surface area (Å²) < 4.78 is 49.6. The fourth-order valence-electron chi connectivity index (χ4n) is 5.29. The van der Waals surface area contributed by atoms with Crippen LogP contribution < -0.4 is 4.74 Å². The van der Waals surface area contributed by atoms with Crippen LogP contribution in [0.4, 0.5) is 13.2 Å². The Morgan fingerprint density at radius 1 is 1.10 bits per heavy atom. The Morgan fingerprint density at radius 2 is 1.77 bits per heavy atom. The van der Waals surface area contributed by atoms with Gasteiger partial charge >= 0.3 is 12.1 Å². The number of carbonyl (C=O) groups is 1. The minimum Gasteiger partial charge on any atom is -0.497 e. The number of fused-ring (bicyclic) bond motifs is 2. The van der Waals surface area contributed by atoms with Crippen LogP contribution in [-0.2, 0) is 27.8 Å². The van der Waals surface area contributed by atoms with E-state index in [1.807, 2.05) is 24.3 Å². The van der Waals surface area contributed by atoms with Crippen LogP contribution in [0.15, 0.2) is 48.5 Å². The second-order valence-corrected chi connectivity index (χ2v) is 8.44. The number of hydrogen-bond acceptors (Lipinski definition) is 4. The van der Waals surface area contributed by atoms with E-state index in [0.717, 1.165) is 41.9 Å². The Labute approximate surface area is 180 Å². The van der Waals surface area contributed by atoms with Gasteiger partial charge < -0.3 is 9.47 Å². The normalized spacial score (nSPS) is 26.0. The highest BCUT2D eigenvalue weighted by atomic mass is 19.4. The summed E-state index contributed by atoms with van der Waals surface area (Å²) in [6.45, 7) is 0.656. The fraction of sp³-hybridized carbons (Fsp3) is 0.458. The number of benzene rings is 2. The number of piperidine rings is 1. The molecule has 7 heteroatoms. The molecule has 0 saturated carbocycles. The molecule has 166 valence electrons. The van der Waals surface area contributed by atoms with Crippen molar-refractivity contribution in [2.45, 2.75) is 50.0 Å². The number of rotatable bonds is 5. The molecule has 1 unspecified atom stereocenters. The van der Waals surface area contributed by atoms with Crippen molar-refractivity contribution in [3.63, 3.8) is 0 Å². The lowest BCUT2D eigenvalue weighted by Crippen LogP contribution is -2.51. The average molecular weight is 433 g/mol. The molecule has 0 aromatic heterocycles. The van der Waals surface area contributed by atoms with Gasteiger partial charge in [-0.05, 0) is 61.1 Å². The first-order valence-corrected chi connectivity index (χ1v) is 10.4. The Balaban J connectivity index is 1.70. The molecule has 2 aromatic carbocycles. The van der Waals surface area contributed by atoms with Crippen molar-refractivity contribution in [2.75, 3.05) is 14.2 Å². The van der Waals surface area contributed by atoms with E-state index < -0.39 is 17.3 Å². The van der Waals surface area contributed by atoms with Gasteiger partial charge in [0.2, 0.25) is 0 Å². The summed E-state index contributed by atoms with van der Waals surface area (Å²) in [6, 6.07) is 13.4. The first-order valence-electron chi connectivity index (χ1n) is 10.4. The van der Waals surface area contributed by atoms with Gasteiger partial charge in [0.1, 0.15) is 5.75 Å². The molecule has 4 rings (SSSR count). The SMILES string of the molecule is COC(=O)C1C[C@@H]2CC[C@@](c3ccc(C(F)(F)F)cc3)(C1)N2Cc1ccc(OC)cc1. The van der Waals surface area contributed by atoms with Crippen molar-refractivity contribution in [3.05, 3.63) is 65.2 Å². The van der Waals surface area contributed by atoms with Gasteiger partial charge in [-0.3, -0.25) is 9.69 Å². The molecular weight excluding hydrogens is 407 g/mol. The number of carbonyl (C=O) groups excluding carboxylic acids is 1. The van der Waals surface area contributed by atoms with Crippen LogP contribution in [0, 0.1) is 5.92 Å². The molecule has 2 saturated heterocycles. The minimum absolute atomic E-state index is 0.169. The maximum Gasteiger partial charge on any atom is 0.416 e. The zero-order chi connectivity index (χ0) is 22.2. The van der Waals surface area contributed by atoms with E-state index in [1.54, 1.807) is 19.2 Å². The number of nitrogens with zero attached hydrogens (tertiary/aromatic N) is 1. The highest BCUT2D eigenvalue weighted by molar-refractivity contribution is 5.73. The number of halogens is 3. The third kappa shape index (κ3) is 4.03. The first kappa shape index (κ1) is 21.7. The number of alkyl halides is 3. The predicted molar refractivity (Wildman–Crippen MR) is 109 cm³/mol. The molecule has 2 aliphatic rings. The minimum atomic E-state index is -4.38. The molecule has 0 N–H and O–H groups in total. The fourth-order valence-corrected chi connectivity index (χ4v) is 5.29. The van der Waals surface area contributed by atoms with Gasteiger partial charge in [0.25, 0.3) is 0 Å². The molecule has 31 heavy (non-hydrogen) atoms. The molecule has 0 aliphatic carbocycles. The lowest BCUT2D eigenvalue weighted by Gasteiger charge is -2.47. The van der Waals surface area contributed by atoms with E-state index in [1.165, 1.54) is 7.11 Å². The Kier molecular flexibility index (Phi) is 5.73. The standard InChI is InChI=1S/C24H26F3NO3/c1-30-21-9-3-16(4-10-21)15-28-20-11-12-23(28,14-17(13-20)22(29)31-2)18-5-7-19(8-6-18)24(25,26)27/h3-10,17,20H,11-15H2,1-2H3/t17?,20-,23-/m0/s1. The van der Waals surface area contributed by atoms with Crippen LogP contribution in [0.3, 0.4) is 0 Å². The van der Waals surface area contributed by atoms with Crippen molar-refractivity contribution in [1.29, 1.82) is 0 Å². The van der Waals surface area contributed by atoms with Crippen LogP contribution in [0.1, 0.15) is 42.4 Å². The second kappa shape index (κ2) is 8.19. The molecule has 2 fully saturated rings. The van der Waals surface area contributed by atoms with Crippen LogP contribution in [0.2, 0.25) is 0 Å². The largest absolute Gasteiger partial charge is 0.497 e. The average Bonchev–Trinajstić information content (AvgIpc) is 2.97. The summed E-state index contributed by atoms with van der Waals surface area (Å²) in [6.07, 6.45) is -1.45. The molecule has 0 radical (unpaired) electrons. The van der Waals surface area contributed by atoms with E-state index in [9.17, 15) is 18.0 Å². The molecule has 2 bridgehead atoms. The quantitative estimate of drug-likeness (QED) is 0.611. The van der Waals surface area contributed by atoms with E-state index in [0.29, 0.717) is 19.4 Å². The molecule has 4 nitrogen and oxygen atoms in total. The summed E-state index contributed by atoms with van der Waals surface area (Å²) in [4.78, 5) is 14.7. The summed E-state index contributed by atoms with van der Waals surface area (Å²) in [5.74, 6) is 0.271. The van der Waals surface area contributed by atoms with Crippen LogP contribution in [0.5, 0.6) is 5.75 Å². The molecule has 2 aliphatic heterocycles. The number of methoxy groups -OCH3 is 2. The third-order valence-corrected chi connectivity index (χ3v) is 6.82. The molecule has 2 aromatic rings. The molecule has 3 atom stereocenters. The van der Waals surface area contributed by atoms with Gasteiger partial charge in [-0.1, -0.05) is 24.3 Å². The van der Waals surface area contributed by atoms with Crippen molar-refractivity contribution in [2.24, 2.45) is 5.92 Å². The second-order valence-electron chi connectivity index (χ2n) is 8.44. The lowest BCUT2D eigenvalue weighted by molar-refractivity contribution is -0.150. The number of esters is 1. The Morgan fingerprint density at radius 3 is 2.35 bits per heavy atom.